The molecule has 20 heavy (non-hydrogen) atoms. The zero-order valence-electron chi connectivity index (χ0n) is 11.1. The van der Waals surface area contributed by atoms with E-state index >= 15 is 0 Å². The second kappa shape index (κ2) is 7.26. The zero-order valence-corrected chi connectivity index (χ0v) is 14.0. The van der Waals surface area contributed by atoms with Gasteiger partial charge >= 0.3 is 0 Å². The fourth-order valence-electron chi connectivity index (χ4n) is 2.06. The maximum absolute atomic E-state index is 6.20. The van der Waals surface area contributed by atoms with Crippen molar-refractivity contribution < 1.29 is 4.74 Å². The predicted octanol–water partition coefficient (Wildman–Crippen LogP) is 3.90. The van der Waals surface area contributed by atoms with Crippen LogP contribution < -0.4 is 16.0 Å². The number of halogens is 2. The third-order valence-corrected chi connectivity index (χ3v) is 4.55. The van der Waals surface area contributed by atoms with Crippen LogP contribution in [0.4, 0.5) is 0 Å². The van der Waals surface area contributed by atoms with Crippen LogP contribution in [0.2, 0.25) is 5.02 Å². The highest BCUT2D eigenvalue weighted by molar-refractivity contribution is 14.1. The van der Waals surface area contributed by atoms with Crippen molar-refractivity contribution in [2.45, 2.75) is 13.0 Å². The van der Waals surface area contributed by atoms with E-state index in [0.29, 0.717) is 6.61 Å². The second-order valence-electron chi connectivity index (χ2n) is 4.24. The summed E-state index contributed by atoms with van der Waals surface area (Å²) in [6.07, 6.45) is 0. The van der Waals surface area contributed by atoms with E-state index in [-0.39, 0.29) is 6.04 Å². The summed E-state index contributed by atoms with van der Waals surface area (Å²) in [5.41, 5.74) is 4.84. The van der Waals surface area contributed by atoms with Gasteiger partial charge in [0.05, 0.1) is 17.7 Å². The van der Waals surface area contributed by atoms with E-state index in [2.05, 4.69) is 28.0 Å². The van der Waals surface area contributed by atoms with Gasteiger partial charge in [-0.1, -0.05) is 35.9 Å². The Balaban J connectivity index is 2.44. The number of hydrogen-bond donors (Lipinski definition) is 2. The monoisotopic (exact) mass is 402 g/mol. The lowest BCUT2D eigenvalue weighted by Crippen LogP contribution is -2.29. The molecule has 0 amide bonds. The van der Waals surface area contributed by atoms with Crippen LogP contribution in [0.3, 0.4) is 0 Å². The molecule has 0 aliphatic heterocycles. The van der Waals surface area contributed by atoms with Crippen LogP contribution in [-0.4, -0.2) is 6.61 Å². The lowest BCUT2D eigenvalue weighted by molar-refractivity contribution is 0.333. The van der Waals surface area contributed by atoms with Crippen LogP contribution in [0, 0.1) is 3.57 Å². The summed E-state index contributed by atoms with van der Waals surface area (Å²) in [7, 11) is 0. The van der Waals surface area contributed by atoms with Gasteiger partial charge in [-0.3, -0.25) is 5.84 Å². The quantitative estimate of drug-likeness (QED) is 0.453. The van der Waals surface area contributed by atoms with Crippen molar-refractivity contribution in [3.63, 3.8) is 0 Å². The first kappa shape index (κ1) is 15.6. The molecule has 2 aromatic carbocycles. The number of rotatable bonds is 5. The van der Waals surface area contributed by atoms with E-state index in [1.165, 1.54) is 0 Å². The Kier molecular flexibility index (Phi) is 5.65. The SMILES string of the molecule is CCOc1ccccc1C(NN)c1ccc(I)c(Cl)c1. The molecule has 2 rings (SSSR count). The zero-order chi connectivity index (χ0) is 14.5. The normalized spacial score (nSPS) is 12.2. The second-order valence-corrected chi connectivity index (χ2v) is 5.81. The Morgan fingerprint density at radius 2 is 2.05 bits per heavy atom. The number of hydrogen-bond acceptors (Lipinski definition) is 3. The molecular weight excluding hydrogens is 387 g/mol. The Bertz CT molecular complexity index is 592. The van der Waals surface area contributed by atoms with Gasteiger partial charge < -0.3 is 4.74 Å². The average Bonchev–Trinajstić information content (AvgIpc) is 2.45. The van der Waals surface area contributed by atoms with Gasteiger partial charge in [-0.25, -0.2) is 5.43 Å². The standard InChI is InChI=1S/C15H16ClIN2O/c1-2-20-14-6-4-3-5-11(14)15(19-18)10-7-8-13(17)12(16)9-10/h3-9,15,19H,2,18H2,1H3. The molecule has 0 bridgehead atoms. The molecule has 0 aliphatic rings. The van der Waals surface area contributed by atoms with Gasteiger partial charge in [0, 0.05) is 9.13 Å². The first-order valence-electron chi connectivity index (χ1n) is 6.30. The number of para-hydroxylation sites is 1. The molecule has 3 nitrogen and oxygen atoms in total. The summed E-state index contributed by atoms with van der Waals surface area (Å²) in [5.74, 6) is 6.57. The number of benzene rings is 2. The molecule has 0 heterocycles. The van der Waals surface area contributed by atoms with Crippen molar-refractivity contribution >= 4 is 34.2 Å². The Hall–Kier alpha value is -0.820. The first-order chi connectivity index (χ1) is 9.67. The maximum atomic E-state index is 6.20. The van der Waals surface area contributed by atoms with Crippen molar-refractivity contribution in [1.82, 2.24) is 5.43 Å². The summed E-state index contributed by atoms with van der Waals surface area (Å²) in [5, 5.41) is 0.720. The number of nitrogens with one attached hydrogen (secondary N) is 1. The number of ether oxygens (including phenoxy) is 1. The number of hydrazine groups is 1. The van der Waals surface area contributed by atoms with Gasteiger partial charge in [0.15, 0.2) is 0 Å². The Morgan fingerprint density at radius 3 is 2.70 bits per heavy atom. The van der Waals surface area contributed by atoms with Gasteiger partial charge in [0.25, 0.3) is 0 Å². The molecule has 0 saturated heterocycles. The minimum Gasteiger partial charge on any atom is -0.494 e. The van der Waals surface area contributed by atoms with Gasteiger partial charge in [-0.15, -0.1) is 0 Å². The summed E-state index contributed by atoms with van der Waals surface area (Å²) < 4.78 is 6.68. The molecule has 0 saturated carbocycles. The van der Waals surface area contributed by atoms with Crippen LogP contribution in [0.25, 0.3) is 0 Å². The summed E-state index contributed by atoms with van der Waals surface area (Å²) >= 11 is 8.40. The lowest BCUT2D eigenvalue weighted by Gasteiger charge is -2.20. The smallest absolute Gasteiger partial charge is 0.124 e. The fourth-order valence-corrected chi connectivity index (χ4v) is 2.59. The molecule has 5 heteroatoms. The molecule has 0 fully saturated rings. The molecule has 1 unspecified atom stereocenters. The van der Waals surface area contributed by atoms with Crippen molar-refractivity contribution in [1.29, 1.82) is 0 Å². The van der Waals surface area contributed by atoms with Gasteiger partial charge in [-0.05, 0) is 53.3 Å². The Morgan fingerprint density at radius 1 is 1.30 bits per heavy atom. The molecule has 3 N–H and O–H groups in total. The minimum absolute atomic E-state index is 0.160. The van der Waals surface area contributed by atoms with E-state index < -0.39 is 0 Å². The van der Waals surface area contributed by atoms with E-state index in [0.717, 1.165) is 25.5 Å². The van der Waals surface area contributed by atoms with Crippen molar-refractivity contribution in [2.24, 2.45) is 5.84 Å². The molecule has 2 aromatic rings. The van der Waals surface area contributed by atoms with Crippen LogP contribution in [0.15, 0.2) is 42.5 Å². The molecule has 1 atom stereocenters. The first-order valence-corrected chi connectivity index (χ1v) is 7.75. The van der Waals surface area contributed by atoms with E-state index in [9.17, 15) is 0 Å². The van der Waals surface area contributed by atoms with Crippen LogP contribution in [-0.2, 0) is 0 Å². The predicted molar refractivity (Wildman–Crippen MR) is 90.9 cm³/mol. The summed E-state index contributed by atoms with van der Waals surface area (Å²) in [6, 6.07) is 13.6. The third-order valence-electron chi connectivity index (χ3n) is 2.97. The Labute approximate surface area is 137 Å². The van der Waals surface area contributed by atoms with Crippen molar-refractivity contribution in [2.75, 3.05) is 6.61 Å². The summed E-state index contributed by atoms with van der Waals surface area (Å²) in [4.78, 5) is 0. The fraction of sp³-hybridized carbons (Fsp3) is 0.200. The van der Waals surface area contributed by atoms with Crippen LogP contribution in [0.5, 0.6) is 5.75 Å². The molecule has 0 aromatic heterocycles. The summed E-state index contributed by atoms with van der Waals surface area (Å²) in [6.45, 7) is 2.57. The largest absolute Gasteiger partial charge is 0.494 e. The molecule has 0 aliphatic carbocycles. The van der Waals surface area contributed by atoms with Gasteiger partial charge in [0.1, 0.15) is 5.75 Å². The van der Waals surface area contributed by atoms with Gasteiger partial charge in [0.2, 0.25) is 0 Å². The third kappa shape index (κ3) is 3.44. The topological polar surface area (TPSA) is 47.3 Å². The highest BCUT2D eigenvalue weighted by Gasteiger charge is 2.17. The maximum Gasteiger partial charge on any atom is 0.124 e. The van der Waals surface area contributed by atoms with Crippen molar-refractivity contribution in [3.05, 3.63) is 62.2 Å². The lowest BCUT2D eigenvalue weighted by atomic mass is 9.98. The molecule has 0 radical (unpaired) electrons. The van der Waals surface area contributed by atoms with E-state index in [1.54, 1.807) is 0 Å². The van der Waals surface area contributed by atoms with Crippen LogP contribution in [0.1, 0.15) is 24.1 Å². The van der Waals surface area contributed by atoms with E-state index in [1.807, 2.05) is 49.4 Å². The van der Waals surface area contributed by atoms with E-state index in [4.69, 9.17) is 22.2 Å². The average molecular weight is 403 g/mol. The highest BCUT2D eigenvalue weighted by atomic mass is 127. The highest BCUT2D eigenvalue weighted by Crippen LogP contribution is 2.31. The van der Waals surface area contributed by atoms with Crippen LogP contribution >= 0.6 is 34.2 Å². The molecular formula is C15H16ClIN2O. The molecule has 106 valence electrons. The van der Waals surface area contributed by atoms with Gasteiger partial charge in [-0.2, -0.15) is 0 Å². The number of nitrogens with two attached hydrogens (primary N) is 1. The minimum atomic E-state index is -0.160. The molecule has 0 spiro atoms. The van der Waals surface area contributed by atoms with Crippen molar-refractivity contribution in [3.8, 4) is 5.75 Å².